The molecule has 0 amide bonds. The maximum atomic E-state index is 15.6. The van der Waals surface area contributed by atoms with Crippen LogP contribution in [0.2, 0.25) is 0 Å². The molecule has 0 radical (unpaired) electrons. The lowest BCUT2D eigenvalue weighted by Gasteiger charge is -2.28. The molecule has 0 bridgehead atoms. The normalized spacial score (nSPS) is 25.5. The van der Waals surface area contributed by atoms with Crippen molar-refractivity contribution >= 4 is 53.1 Å². The predicted octanol–water partition coefficient (Wildman–Crippen LogP) is 2.11. The second-order valence-electron chi connectivity index (χ2n) is 8.96. The van der Waals surface area contributed by atoms with Gasteiger partial charge in [-0.25, -0.2) is 14.5 Å². The van der Waals surface area contributed by atoms with Gasteiger partial charge in [0.2, 0.25) is 5.95 Å². The number of aromatic nitrogens is 4. The van der Waals surface area contributed by atoms with Gasteiger partial charge in [-0.1, -0.05) is 29.8 Å². The number of aliphatic hydroxyl groups excluding tert-OH is 1. The fourth-order valence-corrected chi connectivity index (χ4v) is 6.44. The molecule has 1 fully saturated rings. The van der Waals surface area contributed by atoms with Gasteiger partial charge in [-0.2, -0.15) is 4.98 Å². The zero-order valence-electron chi connectivity index (χ0n) is 21.0. The van der Waals surface area contributed by atoms with Gasteiger partial charge in [-0.15, -0.1) is 0 Å². The van der Waals surface area contributed by atoms with Crippen LogP contribution in [0.5, 0.6) is 5.75 Å². The van der Waals surface area contributed by atoms with Crippen molar-refractivity contribution < 1.29 is 32.8 Å². The highest BCUT2D eigenvalue weighted by atomic mass is 35.5. The third-order valence-electron chi connectivity index (χ3n) is 5.52. The molecule has 0 aliphatic carbocycles. The van der Waals surface area contributed by atoms with E-state index >= 15 is 4.39 Å². The maximum absolute atomic E-state index is 15.6. The molecular formula is C22H27ClFN6O7PS. The monoisotopic (exact) mass is 604 g/mol. The van der Waals surface area contributed by atoms with E-state index < -0.39 is 54.4 Å². The molecule has 2 aromatic heterocycles. The fraction of sp³-hybridized carbons (Fsp3) is 0.455. The van der Waals surface area contributed by atoms with Crippen LogP contribution in [0.25, 0.3) is 11.2 Å². The molecule has 6 atom stereocenters. The molecule has 5 N–H and O–H groups in total. The van der Waals surface area contributed by atoms with Gasteiger partial charge in [0.05, 0.1) is 19.0 Å². The van der Waals surface area contributed by atoms with E-state index in [1.54, 1.807) is 44.2 Å². The lowest BCUT2D eigenvalue weighted by Crippen LogP contribution is -2.40. The Labute approximate surface area is 232 Å². The van der Waals surface area contributed by atoms with Gasteiger partial charge in [0, 0.05) is 0 Å². The Morgan fingerprint density at radius 3 is 2.77 bits per heavy atom. The molecule has 1 aliphatic rings. The Kier molecular flexibility index (Phi) is 8.61. The van der Waals surface area contributed by atoms with Crippen molar-refractivity contribution in [3.05, 3.63) is 47.0 Å². The number of nitrogen functional groups attached to an aromatic ring is 1. The predicted molar refractivity (Wildman–Crippen MR) is 143 cm³/mol. The van der Waals surface area contributed by atoms with Gasteiger partial charge >= 0.3 is 12.6 Å². The minimum absolute atomic E-state index is 0.102. The number of hydrogen-bond donors (Lipinski definition) is 4. The van der Waals surface area contributed by atoms with Crippen LogP contribution in [0, 0.1) is 0 Å². The first-order chi connectivity index (χ1) is 18.3. The lowest BCUT2D eigenvalue weighted by atomic mass is 10.1. The van der Waals surface area contributed by atoms with Crippen LogP contribution in [-0.4, -0.2) is 66.7 Å². The minimum Gasteiger partial charge on any atom is -0.462 e. The van der Waals surface area contributed by atoms with Crippen LogP contribution in [0.4, 0.5) is 10.3 Å². The molecule has 1 aromatic carbocycles. The number of halogens is 2. The molecule has 4 rings (SSSR count). The number of hydrogen-bond acceptors (Lipinski definition) is 11. The number of carbonyl (C=O) groups is 1. The van der Waals surface area contributed by atoms with E-state index in [0.717, 1.165) is 10.9 Å². The van der Waals surface area contributed by atoms with Crippen LogP contribution in [0.1, 0.15) is 27.0 Å². The highest BCUT2D eigenvalue weighted by Crippen LogP contribution is 2.49. The molecule has 0 saturated carbocycles. The van der Waals surface area contributed by atoms with Crippen LogP contribution in [0.3, 0.4) is 0 Å². The standard InChI is InChI=1S/C22H27ClFN6O7PS/c1-11(2)35-19(33)12(3)29-38(39,37-13-7-5-4-6-8-13)34-9-14-16(31)22(23,24)20(36-14)30-10-26-15-17(30)27-21(25)28-18(15)32/h4-8,10-12,14,16,20,31H,9H2,1-3H3,(H,29,39)(H3,25,27,28,32)/t12-,14+,16+,20+,22-,38?/m0/s1. The number of imidazole rings is 1. The van der Waals surface area contributed by atoms with Crippen molar-refractivity contribution in [2.75, 3.05) is 12.3 Å². The van der Waals surface area contributed by atoms with Gasteiger partial charge in [0.15, 0.2) is 17.4 Å². The largest absolute Gasteiger partial charge is 0.462 e. The van der Waals surface area contributed by atoms with Crippen LogP contribution < -0.4 is 20.9 Å². The van der Waals surface area contributed by atoms with Crippen LogP contribution >= 0.6 is 18.2 Å². The highest BCUT2D eigenvalue weighted by Gasteiger charge is 2.58. The summed E-state index contributed by atoms with van der Waals surface area (Å²) in [6.07, 6.45) is -4.20. The molecule has 17 heteroatoms. The Morgan fingerprint density at radius 1 is 1.41 bits per heavy atom. The molecule has 13 nitrogen and oxygen atoms in total. The second kappa shape index (κ2) is 11.5. The third kappa shape index (κ3) is 6.40. The molecule has 212 valence electrons. The Bertz CT molecular complexity index is 1440. The summed E-state index contributed by atoms with van der Waals surface area (Å²) in [5.41, 5.74) is 4.73. The molecule has 1 unspecified atom stereocenters. The number of para-hydroxylation sites is 1. The van der Waals surface area contributed by atoms with E-state index in [9.17, 15) is 14.7 Å². The van der Waals surface area contributed by atoms with Gasteiger partial charge < -0.3 is 29.4 Å². The average Bonchev–Trinajstić information content (AvgIpc) is 3.36. The number of nitrogens with two attached hydrogens (primary N) is 1. The van der Waals surface area contributed by atoms with E-state index in [1.807, 2.05) is 0 Å². The van der Waals surface area contributed by atoms with Gasteiger partial charge in [0.25, 0.3) is 10.7 Å². The van der Waals surface area contributed by atoms with Crippen molar-refractivity contribution in [2.45, 2.75) is 56.5 Å². The van der Waals surface area contributed by atoms with E-state index in [2.05, 4.69) is 20.0 Å². The number of anilines is 1. The molecule has 1 aliphatic heterocycles. The van der Waals surface area contributed by atoms with E-state index in [0.29, 0.717) is 5.75 Å². The highest BCUT2D eigenvalue weighted by molar-refractivity contribution is 8.09. The molecule has 39 heavy (non-hydrogen) atoms. The van der Waals surface area contributed by atoms with Crippen LogP contribution in [-0.2, 0) is 30.6 Å². The van der Waals surface area contributed by atoms with Gasteiger partial charge in [-0.05, 0) is 44.7 Å². The average molecular weight is 605 g/mol. The molecular weight excluding hydrogens is 578 g/mol. The lowest BCUT2D eigenvalue weighted by molar-refractivity contribution is -0.149. The second-order valence-corrected chi connectivity index (χ2v) is 12.7. The first kappa shape index (κ1) is 29.3. The Hall–Kier alpha value is -2.65. The smallest absolute Gasteiger partial charge is 0.323 e. The maximum Gasteiger partial charge on any atom is 0.323 e. The van der Waals surface area contributed by atoms with E-state index in [4.69, 9.17) is 47.7 Å². The Morgan fingerprint density at radius 2 is 2.10 bits per heavy atom. The summed E-state index contributed by atoms with van der Waals surface area (Å²) < 4.78 is 39.4. The number of esters is 1. The SMILES string of the molecule is CC(C)OC(=O)[C@H](C)NP(=S)(OC[C@H]1O[C@@H](n2cnc3c(=O)[nH]c(N)nc32)[C@](F)(Cl)[C@@H]1O)Oc1ccccc1. The summed E-state index contributed by atoms with van der Waals surface area (Å²) in [5, 5.41) is 10.7. The topological polar surface area (TPSA) is 176 Å². The summed E-state index contributed by atoms with van der Waals surface area (Å²) in [7, 11) is 0. The fourth-order valence-electron chi connectivity index (χ4n) is 3.73. The van der Waals surface area contributed by atoms with Gasteiger partial charge in [-0.3, -0.25) is 19.1 Å². The van der Waals surface area contributed by atoms with E-state index in [1.165, 1.54) is 6.92 Å². The van der Waals surface area contributed by atoms with Crippen LogP contribution in [0.15, 0.2) is 41.5 Å². The van der Waals surface area contributed by atoms with Crippen molar-refractivity contribution in [1.29, 1.82) is 0 Å². The number of benzene rings is 1. The number of ether oxygens (including phenoxy) is 2. The molecule has 3 heterocycles. The summed E-state index contributed by atoms with van der Waals surface area (Å²) in [4.78, 5) is 34.7. The zero-order chi connectivity index (χ0) is 28.5. The molecule has 3 aromatic rings. The first-order valence-electron chi connectivity index (χ1n) is 11.7. The summed E-state index contributed by atoms with van der Waals surface area (Å²) in [6.45, 7) is 0.925. The number of carbonyl (C=O) groups excluding carboxylic acids is 1. The minimum atomic E-state index is -3.52. The van der Waals surface area contributed by atoms with Crippen molar-refractivity contribution in [2.24, 2.45) is 0 Å². The molecule has 1 saturated heterocycles. The van der Waals surface area contributed by atoms with E-state index in [-0.39, 0.29) is 23.2 Å². The first-order valence-corrected chi connectivity index (χ1v) is 14.7. The Balaban J connectivity index is 1.56. The number of fused-ring (bicyclic) bond motifs is 1. The molecule has 0 spiro atoms. The number of alkyl halides is 2. The quantitative estimate of drug-likeness (QED) is 0.151. The van der Waals surface area contributed by atoms with Gasteiger partial charge in [0.1, 0.15) is 24.0 Å². The van der Waals surface area contributed by atoms with Crippen molar-refractivity contribution in [3.8, 4) is 5.75 Å². The number of rotatable bonds is 10. The number of nitrogens with zero attached hydrogens (tertiary/aromatic N) is 3. The van der Waals surface area contributed by atoms with Crippen molar-refractivity contribution in [1.82, 2.24) is 24.6 Å². The number of aliphatic hydroxyl groups is 1. The summed E-state index contributed by atoms with van der Waals surface area (Å²) in [5.74, 6) is -0.477. The summed E-state index contributed by atoms with van der Waals surface area (Å²) in [6, 6.07) is 7.54. The summed E-state index contributed by atoms with van der Waals surface area (Å²) >= 11 is 11.7. The zero-order valence-corrected chi connectivity index (χ0v) is 23.5. The third-order valence-corrected chi connectivity index (χ3v) is 8.43. The number of aromatic amines is 1. The van der Waals surface area contributed by atoms with Crippen molar-refractivity contribution in [3.63, 3.8) is 0 Å². The number of nitrogens with one attached hydrogen (secondary N) is 2. The number of H-pyrrole nitrogens is 1.